The Hall–Kier alpha value is -1.19. The minimum Gasteiger partial charge on any atom is -0.478 e. The summed E-state index contributed by atoms with van der Waals surface area (Å²) in [6.45, 7) is 5.88. The van der Waals surface area contributed by atoms with Gasteiger partial charge in [-0.25, -0.2) is 4.79 Å². The molecule has 1 aliphatic heterocycles. The molecule has 0 atom stereocenters. The van der Waals surface area contributed by atoms with Crippen LogP contribution in [0.1, 0.15) is 39.5 Å². The third-order valence-electron chi connectivity index (χ3n) is 2.84. The minimum absolute atomic E-state index is 0.488. The number of unbranched alkanes of at least 4 members (excludes halogenated alkanes) is 2. The van der Waals surface area contributed by atoms with Gasteiger partial charge in [-0.1, -0.05) is 26.7 Å². The number of aliphatic carboxylic acids is 1. The third-order valence-corrected chi connectivity index (χ3v) is 2.84. The highest BCUT2D eigenvalue weighted by atomic mass is 16.4. The number of nitrogens with zero attached hydrogens (tertiary/aromatic N) is 2. The maximum absolute atomic E-state index is 11.2. The van der Waals surface area contributed by atoms with Gasteiger partial charge in [0, 0.05) is 25.5 Å². The van der Waals surface area contributed by atoms with Crippen LogP contribution in [0.15, 0.2) is 12.4 Å². The molecule has 0 aromatic rings. The van der Waals surface area contributed by atoms with Gasteiger partial charge in [0.1, 0.15) is 0 Å². The minimum atomic E-state index is -0.753. The van der Waals surface area contributed by atoms with Gasteiger partial charge in [0.25, 0.3) is 0 Å². The van der Waals surface area contributed by atoms with Crippen LogP contribution in [0.4, 0.5) is 0 Å². The molecule has 0 saturated heterocycles. The SMILES string of the molecule is CCCCN1C=CN(CCCC)C1C(=O)O. The number of hydrogen-bond acceptors (Lipinski definition) is 3. The van der Waals surface area contributed by atoms with Crippen LogP contribution in [-0.2, 0) is 4.79 Å². The molecule has 0 unspecified atom stereocenters. The predicted molar refractivity (Wildman–Crippen MR) is 63.8 cm³/mol. The molecule has 1 N–H and O–H groups in total. The van der Waals surface area contributed by atoms with Gasteiger partial charge in [-0.3, -0.25) is 0 Å². The average Bonchev–Trinajstić information content (AvgIpc) is 2.66. The summed E-state index contributed by atoms with van der Waals surface area (Å²) in [5, 5.41) is 9.23. The molecule has 0 fully saturated rings. The van der Waals surface area contributed by atoms with E-state index in [4.69, 9.17) is 0 Å². The molecule has 0 saturated carbocycles. The third kappa shape index (κ3) is 3.15. The van der Waals surface area contributed by atoms with Gasteiger partial charge in [-0.15, -0.1) is 0 Å². The summed E-state index contributed by atoms with van der Waals surface area (Å²) >= 11 is 0. The van der Waals surface area contributed by atoms with Gasteiger partial charge >= 0.3 is 5.97 Å². The molecule has 1 aliphatic rings. The molecule has 0 aromatic carbocycles. The van der Waals surface area contributed by atoms with Crippen molar-refractivity contribution < 1.29 is 9.90 Å². The average molecular weight is 226 g/mol. The topological polar surface area (TPSA) is 43.8 Å². The Bertz CT molecular complexity index is 235. The number of carboxylic acids is 1. The molecular weight excluding hydrogens is 204 g/mol. The van der Waals surface area contributed by atoms with E-state index in [1.54, 1.807) is 0 Å². The highest BCUT2D eigenvalue weighted by molar-refractivity contribution is 5.73. The van der Waals surface area contributed by atoms with Crippen molar-refractivity contribution in [2.45, 2.75) is 45.7 Å². The van der Waals surface area contributed by atoms with E-state index < -0.39 is 12.1 Å². The zero-order valence-corrected chi connectivity index (χ0v) is 10.2. The van der Waals surface area contributed by atoms with Crippen molar-refractivity contribution in [1.82, 2.24) is 9.80 Å². The standard InChI is InChI=1S/C12H22N2O2/c1-3-5-7-13-9-10-14(8-6-4-2)11(13)12(15)16/h9-11H,3-8H2,1-2H3,(H,15,16). The Balaban J connectivity index is 2.54. The fourth-order valence-electron chi connectivity index (χ4n) is 1.88. The Morgan fingerprint density at radius 1 is 1.12 bits per heavy atom. The first-order valence-corrected chi connectivity index (χ1v) is 6.13. The van der Waals surface area contributed by atoms with Crippen LogP contribution in [0.25, 0.3) is 0 Å². The highest BCUT2D eigenvalue weighted by Gasteiger charge is 2.31. The van der Waals surface area contributed by atoms with E-state index in [0.717, 1.165) is 38.8 Å². The summed E-state index contributed by atoms with van der Waals surface area (Å²) in [5.41, 5.74) is 0. The van der Waals surface area contributed by atoms with Crippen molar-refractivity contribution >= 4 is 5.97 Å². The largest absolute Gasteiger partial charge is 0.478 e. The van der Waals surface area contributed by atoms with Crippen LogP contribution in [0.2, 0.25) is 0 Å². The normalized spacial score (nSPS) is 16.1. The second kappa shape index (κ2) is 6.40. The fourth-order valence-corrected chi connectivity index (χ4v) is 1.88. The van der Waals surface area contributed by atoms with Gasteiger partial charge in [0.2, 0.25) is 6.17 Å². The van der Waals surface area contributed by atoms with Gasteiger partial charge in [0.15, 0.2) is 0 Å². The van der Waals surface area contributed by atoms with Crippen LogP contribution in [0, 0.1) is 0 Å². The molecule has 92 valence electrons. The van der Waals surface area contributed by atoms with Crippen molar-refractivity contribution in [2.24, 2.45) is 0 Å². The van der Waals surface area contributed by atoms with Crippen molar-refractivity contribution in [3.63, 3.8) is 0 Å². The lowest BCUT2D eigenvalue weighted by molar-refractivity contribution is -0.146. The van der Waals surface area contributed by atoms with E-state index in [1.807, 2.05) is 22.2 Å². The summed E-state index contributed by atoms with van der Waals surface area (Å²) in [5.74, 6) is -0.753. The van der Waals surface area contributed by atoms with Crippen LogP contribution in [0.5, 0.6) is 0 Å². The fraction of sp³-hybridized carbons (Fsp3) is 0.750. The Labute approximate surface area is 97.5 Å². The first-order valence-electron chi connectivity index (χ1n) is 6.13. The number of hydrogen-bond donors (Lipinski definition) is 1. The van der Waals surface area contributed by atoms with Crippen molar-refractivity contribution in [3.8, 4) is 0 Å². The molecule has 16 heavy (non-hydrogen) atoms. The van der Waals surface area contributed by atoms with Crippen LogP contribution in [-0.4, -0.2) is 40.1 Å². The first-order chi connectivity index (χ1) is 7.70. The zero-order valence-electron chi connectivity index (χ0n) is 10.2. The van der Waals surface area contributed by atoms with E-state index in [0.29, 0.717) is 0 Å². The number of carboxylic acid groups (broad SMARTS) is 1. The summed E-state index contributed by atoms with van der Waals surface area (Å²) in [7, 11) is 0. The summed E-state index contributed by atoms with van der Waals surface area (Å²) in [6, 6.07) is 0. The van der Waals surface area contributed by atoms with Crippen LogP contribution < -0.4 is 0 Å². The molecule has 0 amide bonds. The van der Waals surface area contributed by atoms with E-state index in [9.17, 15) is 9.90 Å². The second-order valence-electron chi connectivity index (χ2n) is 4.19. The molecule has 0 aliphatic carbocycles. The first kappa shape index (κ1) is 12.9. The summed E-state index contributed by atoms with van der Waals surface area (Å²) < 4.78 is 0. The molecule has 0 bridgehead atoms. The highest BCUT2D eigenvalue weighted by Crippen LogP contribution is 2.17. The predicted octanol–water partition coefficient (Wildman–Crippen LogP) is 2.09. The molecule has 4 heteroatoms. The van der Waals surface area contributed by atoms with Crippen LogP contribution in [0.3, 0.4) is 0 Å². The molecule has 4 nitrogen and oxygen atoms in total. The molecular formula is C12H22N2O2. The van der Waals surface area contributed by atoms with Gasteiger partial charge in [0.05, 0.1) is 0 Å². The van der Waals surface area contributed by atoms with E-state index >= 15 is 0 Å². The van der Waals surface area contributed by atoms with E-state index in [1.165, 1.54) is 0 Å². The maximum atomic E-state index is 11.2. The summed E-state index contributed by atoms with van der Waals surface area (Å²) in [6.07, 6.45) is 7.58. The van der Waals surface area contributed by atoms with Crippen LogP contribution >= 0.6 is 0 Å². The number of rotatable bonds is 7. The van der Waals surface area contributed by atoms with Crippen molar-refractivity contribution in [2.75, 3.05) is 13.1 Å². The lowest BCUT2D eigenvalue weighted by Gasteiger charge is -2.29. The molecule has 0 radical (unpaired) electrons. The summed E-state index contributed by atoms with van der Waals surface area (Å²) in [4.78, 5) is 15.1. The lowest BCUT2D eigenvalue weighted by atomic mass is 10.3. The van der Waals surface area contributed by atoms with Gasteiger partial charge in [-0.05, 0) is 12.8 Å². The lowest BCUT2D eigenvalue weighted by Crippen LogP contribution is -2.45. The van der Waals surface area contributed by atoms with E-state index in [-0.39, 0.29) is 0 Å². The zero-order chi connectivity index (χ0) is 12.0. The Kier molecular flexibility index (Phi) is 5.15. The molecule has 0 aromatic heterocycles. The van der Waals surface area contributed by atoms with Crippen molar-refractivity contribution in [3.05, 3.63) is 12.4 Å². The van der Waals surface area contributed by atoms with Gasteiger partial charge in [-0.2, -0.15) is 0 Å². The quantitative estimate of drug-likeness (QED) is 0.722. The monoisotopic (exact) mass is 226 g/mol. The smallest absolute Gasteiger partial charge is 0.347 e. The molecule has 0 spiro atoms. The number of carbonyl (C=O) groups is 1. The maximum Gasteiger partial charge on any atom is 0.347 e. The molecule has 1 rings (SSSR count). The van der Waals surface area contributed by atoms with Gasteiger partial charge < -0.3 is 14.9 Å². The Morgan fingerprint density at radius 3 is 1.88 bits per heavy atom. The molecule has 1 heterocycles. The van der Waals surface area contributed by atoms with E-state index in [2.05, 4.69) is 13.8 Å². The second-order valence-corrected chi connectivity index (χ2v) is 4.19. The Morgan fingerprint density at radius 2 is 1.56 bits per heavy atom. The van der Waals surface area contributed by atoms with Crippen molar-refractivity contribution in [1.29, 1.82) is 0 Å².